The third kappa shape index (κ3) is 3.30. The molecule has 1 aromatic carbocycles. The van der Waals surface area contributed by atoms with E-state index in [1.807, 2.05) is 0 Å². The number of sulfonamides is 1. The summed E-state index contributed by atoms with van der Waals surface area (Å²) in [5.74, 6) is 0. The molecule has 3 N–H and O–H groups in total. The second kappa shape index (κ2) is 6.12. The Balaban J connectivity index is 3.13. The predicted molar refractivity (Wildman–Crippen MR) is 71.7 cm³/mol. The summed E-state index contributed by atoms with van der Waals surface area (Å²) in [7, 11) is -3.80. The van der Waals surface area contributed by atoms with Gasteiger partial charge in [-0.3, -0.25) is 0 Å². The molecule has 102 valence electrons. The van der Waals surface area contributed by atoms with Gasteiger partial charge in [-0.05, 0) is 34.5 Å². The molecule has 18 heavy (non-hydrogen) atoms. The van der Waals surface area contributed by atoms with Crippen LogP contribution >= 0.6 is 15.9 Å². The Morgan fingerprint density at radius 2 is 1.83 bits per heavy atom. The van der Waals surface area contributed by atoms with Gasteiger partial charge < -0.3 is 10.2 Å². The Kier molecular flexibility index (Phi) is 5.30. The van der Waals surface area contributed by atoms with Gasteiger partial charge in [0, 0.05) is 4.47 Å². The first-order valence-electron chi connectivity index (χ1n) is 5.41. The number of nitrogens with one attached hydrogen (secondary N) is 1. The number of halogens is 1. The summed E-state index contributed by atoms with van der Waals surface area (Å²) in [5.41, 5.74) is -1.24. The predicted octanol–water partition coefficient (Wildman–Crippen LogP) is 0.861. The summed E-state index contributed by atoms with van der Waals surface area (Å²) in [6, 6.07) is 6.36. The normalized spacial score (nSPS) is 12.7. The van der Waals surface area contributed by atoms with E-state index < -0.39 is 28.8 Å². The summed E-state index contributed by atoms with van der Waals surface area (Å²) in [6.45, 7) is 0.752. The minimum atomic E-state index is -3.80. The van der Waals surface area contributed by atoms with Crippen LogP contribution in [0.4, 0.5) is 0 Å². The van der Waals surface area contributed by atoms with Crippen LogP contribution in [0.5, 0.6) is 0 Å². The van der Waals surface area contributed by atoms with Gasteiger partial charge in [-0.2, -0.15) is 0 Å². The molecule has 0 fully saturated rings. The molecule has 1 aromatic rings. The van der Waals surface area contributed by atoms with Gasteiger partial charge in [0.2, 0.25) is 10.0 Å². The maximum Gasteiger partial charge on any atom is 0.242 e. The van der Waals surface area contributed by atoms with Crippen LogP contribution in [0.2, 0.25) is 0 Å². The Morgan fingerprint density at radius 1 is 1.28 bits per heavy atom. The zero-order valence-electron chi connectivity index (χ0n) is 9.93. The smallest absolute Gasteiger partial charge is 0.242 e. The highest BCUT2D eigenvalue weighted by atomic mass is 79.9. The van der Waals surface area contributed by atoms with Crippen molar-refractivity contribution in [3.8, 4) is 0 Å². The number of aliphatic hydroxyl groups excluding tert-OH is 2. The van der Waals surface area contributed by atoms with Gasteiger partial charge in [0.05, 0.1) is 23.6 Å². The lowest BCUT2D eigenvalue weighted by atomic mass is 10.0. The van der Waals surface area contributed by atoms with E-state index >= 15 is 0 Å². The molecule has 0 aliphatic rings. The van der Waals surface area contributed by atoms with Crippen molar-refractivity contribution < 1.29 is 18.6 Å². The Morgan fingerprint density at radius 3 is 2.28 bits per heavy atom. The van der Waals surface area contributed by atoms with Crippen LogP contribution in [0.25, 0.3) is 0 Å². The minimum absolute atomic E-state index is 0.0738. The van der Waals surface area contributed by atoms with Crippen LogP contribution in [0, 0.1) is 0 Å². The third-order valence-electron chi connectivity index (χ3n) is 2.76. The molecule has 0 radical (unpaired) electrons. The molecule has 0 heterocycles. The van der Waals surface area contributed by atoms with Gasteiger partial charge in [0.15, 0.2) is 0 Å². The largest absolute Gasteiger partial charge is 0.394 e. The molecule has 0 aliphatic heterocycles. The second-order valence-electron chi connectivity index (χ2n) is 3.99. The summed E-state index contributed by atoms with van der Waals surface area (Å²) in [4.78, 5) is 0.0738. The van der Waals surface area contributed by atoms with E-state index in [9.17, 15) is 18.6 Å². The molecule has 7 heteroatoms. The quantitative estimate of drug-likeness (QED) is 0.718. The molecule has 0 unspecified atom stereocenters. The maximum atomic E-state index is 12.2. The molecule has 1 rings (SSSR count). The lowest BCUT2D eigenvalue weighted by Crippen LogP contribution is -2.53. The standard InChI is InChI=1S/C11H16BrNO4S/c1-2-11(7-14,8-15)13-18(16,17)10-6-4-3-5-9(10)12/h3-6,13-15H,2,7-8H2,1H3. The van der Waals surface area contributed by atoms with Crippen LogP contribution in [0.1, 0.15) is 13.3 Å². The van der Waals surface area contributed by atoms with Crippen molar-refractivity contribution in [1.82, 2.24) is 4.72 Å². The summed E-state index contributed by atoms with van der Waals surface area (Å²) in [5, 5.41) is 18.5. The average molecular weight is 338 g/mol. The third-order valence-corrected chi connectivity index (χ3v) is 5.35. The Labute approximate surface area is 115 Å². The van der Waals surface area contributed by atoms with E-state index in [1.165, 1.54) is 6.07 Å². The first kappa shape index (κ1) is 15.6. The average Bonchev–Trinajstić information content (AvgIpc) is 2.36. The monoisotopic (exact) mass is 337 g/mol. The summed E-state index contributed by atoms with van der Waals surface area (Å²) < 4.78 is 27.1. The Bertz CT molecular complexity index is 491. The fourth-order valence-corrected chi connectivity index (χ4v) is 3.87. The topological polar surface area (TPSA) is 86.6 Å². The number of aliphatic hydroxyl groups is 2. The van der Waals surface area contributed by atoms with E-state index in [-0.39, 0.29) is 11.3 Å². The highest BCUT2D eigenvalue weighted by Gasteiger charge is 2.33. The molecular weight excluding hydrogens is 322 g/mol. The van der Waals surface area contributed by atoms with Crippen molar-refractivity contribution in [3.63, 3.8) is 0 Å². The van der Waals surface area contributed by atoms with Crippen molar-refractivity contribution in [2.24, 2.45) is 0 Å². The molecular formula is C11H16BrNO4S. The minimum Gasteiger partial charge on any atom is -0.394 e. The van der Waals surface area contributed by atoms with Crippen LogP contribution in [-0.2, 0) is 10.0 Å². The Hall–Kier alpha value is -0.470. The number of hydrogen-bond acceptors (Lipinski definition) is 4. The van der Waals surface area contributed by atoms with Crippen molar-refractivity contribution in [3.05, 3.63) is 28.7 Å². The van der Waals surface area contributed by atoms with Gasteiger partial charge >= 0.3 is 0 Å². The first-order chi connectivity index (χ1) is 8.40. The van der Waals surface area contributed by atoms with Crippen molar-refractivity contribution in [1.29, 1.82) is 0 Å². The van der Waals surface area contributed by atoms with Gasteiger partial charge in [-0.15, -0.1) is 0 Å². The van der Waals surface area contributed by atoms with E-state index in [4.69, 9.17) is 0 Å². The lowest BCUT2D eigenvalue weighted by molar-refractivity contribution is 0.105. The molecule has 5 nitrogen and oxygen atoms in total. The maximum absolute atomic E-state index is 12.2. The highest BCUT2D eigenvalue weighted by molar-refractivity contribution is 9.10. The van der Waals surface area contributed by atoms with Crippen molar-refractivity contribution in [2.45, 2.75) is 23.8 Å². The molecule has 0 spiro atoms. The van der Waals surface area contributed by atoms with E-state index in [0.29, 0.717) is 4.47 Å². The van der Waals surface area contributed by atoms with Crippen LogP contribution in [0.15, 0.2) is 33.6 Å². The number of rotatable bonds is 6. The summed E-state index contributed by atoms with van der Waals surface area (Å²) in [6.07, 6.45) is 0.281. The SMILES string of the molecule is CCC(CO)(CO)NS(=O)(=O)c1ccccc1Br. The number of hydrogen-bond donors (Lipinski definition) is 3. The van der Waals surface area contributed by atoms with E-state index in [2.05, 4.69) is 20.7 Å². The fraction of sp³-hybridized carbons (Fsp3) is 0.455. The highest BCUT2D eigenvalue weighted by Crippen LogP contribution is 2.23. The van der Waals surface area contributed by atoms with Crippen molar-refractivity contribution >= 4 is 26.0 Å². The number of benzene rings is 1. The van der Waals surface area contributed by atoms with Gasteiger partial charge in [-0.25, -0.2) is 13.1 Å². The zero-order valence-corrected chi connectivity index (χ0v) is 12.3. The fourth-order valence-electron chi connectivity index (χ4n) is 1.41. The van der Waals surface area contributed by atoms with Crippen LogP contribution < -0.4 is 4.72 Å². The molecule has 0 aromatic heterocycles. The molecule has 0 bridgehead atoms. The molecule has 0 amide bonds. The van der Waals surface area contributed by atoms with Crippen LogP contribution in [-0.4, -0.2) is 37.4 Å². The zero-order chi connectivity index (χ0) is 13.8. The van der Waals surface area contributed by atoms with Gasteiger partial charge in [0.25, 0.3) is 0 Å². The molecule has 0 atom stereocenters. The second-order valence-corrected chi connectivity index (χ2v) is 6.49. The van der Waals surface area contributed by atoms with Crippen molar-refractivity contribution in [2.75, 3.05) is 13.2 Å². The molecule has 0 saturated heterocycles. The van der Waals surface area contributed by atoms with Crippen LogP contribution in [0.3, 0.4) is 0 Å². The first-order valence-corrected chi connectivity index (χ1v) is 7.68. The van der Waals surface area contributed by atoms with Gasteiger partial charge in [-0.1, -0.05) is 19.1 Å². The lowest BCUT2D eigenvalue weighted by Gasteiger charge is -2.29. The molecule has 0 saturated carbocycles. The van der Waals surface area contributed by atoms with E-state index in [0.717, 1.165) is 0 Å². The van der Waals surface area contributed by atoms with E-state index in [1.54, 1.807) is 25.1 Å². The molecule has 0 aliphatic carbocycles. The van der Waals surface area contributed by atoms with Gasteiger partial charge in [0.1, 0.15) is 0 Å². The summed E-state index contributed by atoms with van der Waals surface area (Å²) >= 11 is 3.16.